The first kappa shape index (κ1) is 13.5. The third-order valence-corrected chi connectivity index (χ3v) is 3.89. The monoisotopic (exact) mass is 254 g/mol. The quantitative estimate of drug-likeness (QED) is 0.843. The van der Waals surface area contributed by atoms with E-state index in [1.54, 1.807) is 0 Å². The number of hydrogen-bond donors (Lipinski definition) is 1. The molecule has 0 radical (unpaired) electrons. The van der Waals surface area contributed by atoms with E-state index >= 15 is 0 Å². The topological polar surface area (TPSA) is 20.2 Å². The molecule has 18 heavy (non-hydrogen) atoms. The van der Waals surface area contributed by atoms with Crippen LogP contribution in [0.15, 0.2) is 18.2 Å². The predicted octanol–water partition coefficient (Wildman–Crippen LogP) is 4.07. The van der Waals surface area contributed by atoms with E-state index in [-0.39, 0.29) is 5.92 Å². The summed E-state index contributed by atoms with van der Waals surface area (Å²) >= 11 is 0. The van der Waals surface area contributed by atoms with E-state index < -0.39 is 17.7 Å². The normalized spacial score (nSPS) is 30.2. The minimum atomic E-state index is -0.764. The molecule has 1 N–H and O–H groups in total. The Morgan fingerprint density at radius 3 is 2.00 bits per heavy atom. The van der Waals surface area contributed by atoms with Gasteiger partial charge in [-0.05, 0) is 54.7 Å². The van der Waals surface area contributed by atoms with Crippen LogP contribution in [0.5, 0.6) is 0 Å². The van der Waals surface area contributed by atoms with Crippen molar-refractivity contribution in [1.29, 1.82) is 0 Å². The molecule has 3 atom stereocenters. The molecule has 0 aromatic heterocycles. The van der Waals surface area contributed by atoms with Crippen molar-refractivity contribution in [2.45, 2.75) is 39.2 Å². The van der Waals surface area contributed by atoms with Crippen LogP contribution in [-0.4, -0.2) is 5.11 Å². The molecule has 1 aromatic carbocycles. The van der Waals surface area contributed by atoms with Gasteiger partial charge in [0.15, 0.2) is 0 Å². The molecule has 1 aromatic rings. The summed E-state index contributed by atoms with van der Waals surface area (Å²) < 4.78 is 26.3. The van der Waals surface area contributed by atoms with Crippen molar-refractivity contribution in [3.63, 3.8) is 0 Å². The Morgan fingerprint density at radius 2 is 1.50 bits per heavy atom. The molecule has 0 amide bonds. The van der Waals surface area contributed by atoms with Crippen LogP contribution in [0.1, 0.15) is 44.8 Å². The van der Waals surface area contributed by atoms with Crippen molar-refractivity contribution in [3.8, 4) is 0 Å². The summed E-state index contributed by atoms with van der Waals surface area (Å²) in [6.07, 6.45) is 2.24. The van der Waals surface area contributed by atoms with Crippen LogP contribution < -0.4 is 0 Å². The Balaban J connectivity index is 2.17. The van der Waals surface area contributed by atoms with Crippen molar-refractivity contribution in [3.05, 3.63) is 35.4 Å². The Bertz CT molecular complexity index is 389. The fraction of sp³-hybridized carbons (Fsp3) is 0.600. The molecule has 1 aliphatic carbocycles. The molecule has 0 spiro atoms. The van der Waals surface area contributed by atoms with E-state index in [4.69, 9.17) is 0 Å². The third kappa shape index (κ3) is 3.08. The van der Waals surface area contributed by atoms with Crippen molar-refractivity contribution in [2.24, 2.45) is 17.8 Å². The highest BCUT2D eigenvalue weighted by Crippen LogP contribution is 2.39. The Labute approximate surface area is 107 Å². The maximum Gasteiger partial charge on any atom is 0.126 e. The molecule has 1 aliphatic rings. The summed E-state index contributed by atoms with van der Waals surface area (Å²) in [5.74, 6) is -0.0227. The van der Waals surface area contributed by atoms with Gasteiger partial charge in [0.1, 0.15) is 11.6 Å². The molecule has 3 heteroatoms. The molecule has 0 saturated heterocycles. The van der Waals surface area contributed by atoms with Crippen molar-refractivity contribution in [1.82, 2.24) is 0 Å². The Morgan fingerprint density at radius 1 is 1.00 bits per heavy atom. The van der Waals surface area contributed by atoms with E-state index in [1.807, 2.05) is 0 Å². The van der Waals surface area contributed by atoms with Crippen LogP contribution in [-0.2, 0) is 0 Å². The van der Waals surface area contributed by atoms with Gasteiger partial charge in [-0.15, -0.1) is 0 Å². The highest BCUT2D eigenvalue weighted by atomic mass is 19.1. The molecule has 0 bridgehead atoms. The van der Waals surface area contributed by atoms with Gasteiger partial charge in [0.25, 0.3) is 0 Å². The maximum atomic E-state index is 13.2. The molecule has 100 valence electrons. The van der Waals surface area contributed by atoms with E-state index in [1.165, 1.54) is 18.6 Å². The molecule has 3 unspecified atom stereocenters. The molecule has 1 saturated carbocycles. The zero-order valence-electron chi connectivity index (χ0n) is 10.9. The van der Waals surface area contributed by atoms with Crippen LogP contribution in [0.25, 0.3) is 0 Å². The fourth-order valence-corrected chi connectivity index (χ4v) is 3.29. The fourth-order valence-electron chi connectivity index (χ4n) is 3.29. The van der Waals surface area contributed by atoms with Crippen molar-refractivity contribution in [2.75, 3.05) is 0 Å². The zero-order valence-corrected chi connectivity index (χ0v) is 10.9. The van der Waals surface area contributed by atoms with E-state index in [9.17, 15) is 13.9 Å². The summed E-state index contributed by atoms with van der Waals surface area (Å²) in [4.78, 5) is 0. The summed E-state index contributed by atoms with van der Waals surface area (Å²) in [7, 11) is 0. The largest absolute Gasteiger partial charge is 0.388 e. The van der Waals surface area contributed by atoms with Crippen LogP contribution in [0.2, 0.25) is 0 Å². The summed E-state index contributed by atoms with van der Waals surface area (Å²) in [6.45, 7) is 4.34. The lowest BCUT2D eigenvalue weighted by Crippen LogP contribution is -2.24. The molecular weight excluding hydrogens is 234 g/mol. The zero-order chi connectivity index (χ0) is 13.3. The highest BCUT2D eigenvalue weighted by Gasteiger charge is 2.30. The lowest BCUT2D eigenvalue weighted by molar-refractivity contribution is 0.0547. The Hall–Kier alpha value is -0.960. The standard InChI is InChI=1S/C15H20F2O/c1-9-3-10(2)5-11(4-9)15(18)12-6-13(16)8-14(17)7-12/h6-11,15,18H,3-5H2,1-2H3. The van der Waals surface area contributed by atoms with Crippen LogP contribution in [0, 0.1) is 29.4 Å². The van der Waals surface area contributed by atoms with Gasteiger partial charge in [-0.25, -0.2) is 8.78 Å². The van der Waals surface area contributed by atoms with Gasteiger partial charge in [-0.3, -0.25) is 0 Å². The number of hydrogen-bond acceptors (Lipinski definition) is 1. The van der Waals surface area contributed by atoms with Gasteiger partial charge in [0.2, 0.25) is 0 Å². The van der Waals surface area contributed by atoms with Crippen molar-refractivity contribution < 1.29 is 13.9 Å². The summed E-state index contributed by atoms with van der Waals surface area (Å²) in [5.41, 5.74) is 0.360. The second kappa shape index (κ2) is 5.35. The first-order valence-electron chi connectivity index (χ1n) is 6.59. The van der Waals surface area contributed by atoms with E-state index in [0.29, 0.717) is 17.4 Å². The second-order valence-electron chi connectivity index (χ2n) is 5.83. The van der Waals surface area contributed by atoms with E-state index in [2.05, 4.69) is 13.8 Å². The van der Waals surface area contributed by atoms with Crippen molar-refractivity contribution >= 4 is 0 Å². The average Bonchev–Trinajstić information content (AvgIpc) is 2.25. The molecule has 0 heterocycles. The van der Waals surface area contributed by atoms with Gasteiger partial charge >= 0.3 is 0 Å². The lowest BCUT2D eigenvalue weighted by Gasteiger charge is -2.34. The maximum absolute atomic E-state index is 13.2. The molecule has 2 rings (SSSR count). The third-order valence-electron chi connectivity index (χ3n) is 3.89. The number of aliphatic hydroxyl groups excluding tert-OH is 1. The summed E-state index contributed by atoms with van der Waals surface area (Å²) in [5, 5.41) is 10.3. The highest BCUT2D eigenvalue weighted by molar-refractivity contribution is 5.21. The molecule has 1 fully saturated rings. The minimum Gasteiger partial charge on any atom is -0.388 e. The first-order valence-corrected chi connectivity index (χ1v) is 6.59. The van der Waals surface area contributed by atoms with Gasteiger partial charge < -0.3 is 5.11 Å². The SMILES string of the molecule is CC1CC(C)CC(C(O)c2cc(F)cc(F)c2)C1. The van der Waals surface area contributed by atoms with Crippen LogP contribution in [0.4, 0.5) is 8.78 Å². The molecule has 0 aliphatic heterocycles. The minimum absolute atomic E-state index is 0.102. The van der Waals surface area contributed by atoms with Crippen LogP contribution >= 0.6 is 0 Å². The number of aliphatic hydroxyl groups is 1. The lowest BCUT2D eigenvalue weighted by atomic mass is 9.73. The summed E-state index contributed by atoms with van der Waals surface area (Å²) in [6, 6.07) is 3.30. The number of rotatable bonds is 2. The van der Waals surface area contributed by atoms with Crippen LogP contribution in [0.3, 0.4) is 0 Å². The smallest absolute Gasteiger partial charge is 0.126 e. The molecule has 1 nitrogen and oxygen atoms in total. The second-order valence-corrected chi connectivity index (χ2v) is 5.83. The average molecular weight is 254 g/mol. The van der Waals surface area contributed by atoms with Gasteiger partial charge in [0.05, 0.1) is 6.10 Å². The van der Waals surface area contributed by atoms with Gasteiger partial charge in [-0.2, -0.15) is 0 Å². The Kier molecular flexibility index (Phi) is 4.00. The number of halogens is 2. The van der Waals surface area contributed by atoms with Gasteiger partial charge in [0, 0.05) is 6.07 Å². The predicted molar refractivity (Wildman–Crippen MR) is 67.0 cm³/mol. The number of benzene rings is 1. The van der Waals surface area contributed by atoms with Gasteiger partial charge in [-0.1, -0.05) is 13.8 Å². The molecular formula is C15H20F2O. The first-order chi connectivity index (χ1) is 8.45. The van der Waals surface area contributed by atoms with E-state index in [0.717, 1.165) is 18.9 Å².